The number of aliphatic hydroxyl groups excluding tert-OH is 1. The summed E-state index contributed by atoms with van der Waals surface area (Å²) in [5, 5.41) is 10.2. The number of halogens is 1. The molecule has 3 nitrogen and oxygen atoms in total. The topological polar surface area (TPSA) is 42.4 Å². The van der Waals surface area contributed by atoms with Crippen LogP contribution in [0.1, 0.15) is 22.9 Å². The molecule has 0 aliphatic carbocycles. The highest BCUT2D eigenvalue weighted by Crippen LogP contribution is 2.26. The van der Waals surface area contributed by atoms with Crippen LogP contribution in [-0.4, -0.2) is 17.2 Å². The number of pyridine rings is 1. The third-order valence-corrected chi connectivity index (χ3v) is 2.74. The lowest BCUT2D eigenvalue weighted by molar-refractivity contribution is 0.219. The molecule has 18 heavy (non-hydrogen) atoms. The van der Waals surface area contributed by atoms with Gasteiger partial charge < -0.3 is 9.84 Å². The molecule has 1 aromatic heterocycles. The average Bonchev–Trinajstić information content (AvgIpc) is 2.39. The third kappa shape index (κ3) is 2.49. The first kappa shape index (κ1) is 12.5. The monoisotopic (exact) mass is 247 g/mol. The van der Waals surface area contributed by atoms with Crippen LogP contribution in [0.3, 0.4) is 0 Å². The van der Waals surface area contributed by atoms with Crippen molar-refractivity contribution in [2.75, 3.05) is 7.11 Å². The molecule has 1 N–H and O–H groups in total. The first-order valence-electron chi connectivity index (χ1n) is 5.56. The smallest absolute Gasteiger partial charge is 0.165 e. The molecule has 0 radical (unpaired) electrons. The maximum Gasteiger partial charge on any atom is 0.165 e. The highest BCUT2D eigenvalue weighted by atomic mass is 19.1. The summed E-state index contributed by atoms with van der Waals surface area (Å²) < 4.78 is 18.2. The lowest BCUT2D eigenvalue weighted by atomic mass is 10.0. The van der Waals surface area contributed by atoms with Crippen molar-refractivity contribution >= 4 is 0 Å². The second-order valence-corrected chi connectivity index (χ2v) is 4.03. The number of rotatable bonds is 3. The molecule has 0 bridgehead atoms. The second-order valence-electron chi connectivity index (χ2n) is 4.03. The quantitative estimate of drug-likeness (QED) is 0.906. The Kier molecular flexibility index (Phi) is 3.58. The number of hydrogen-bond acceptors (Lipinski definition) is 3. The molecule has 94 valence electrons. The normalized spacial score (nSPS) is 12.2. The summed E-state index contributed by atoms with van der Waals surface area (Å²) in [6, 6.07) is 7.91. The maximum atomic E-state index is 13.3. The Morgan fingerprint density at radius 1 is 1.22 bits per heavy atom. The Morgan fingerprint density at radius 3 is 2.56 bits per heavy atom. The van der Waals surface area contributed by atoms with Crippen molar-refractivity contribution in [3.8, 4) is 5.75 Å². The Morgan fingerprint density at radius 2 is 1.94 bits per heavy atom. The van der Waals surface area contributed by atoms with E-state index in [1.807, 2.05) is 13.0 Å². The average molecular weight is 247 g/mol. The third-order valence-electron chi connectivity index (χ3n) is 2.74. The van der Waals surface area contributed by atoms with Gasteiger partial charge in [0.2, 0.25) is 0 Å². The number of ether oxygens (including phenoxy) is 1. The van der Waals surface area contributed by atoms with Crippen LogP contribution in [0.25, 0.3) is 0 Å². The minimum Gasteiger partial charge on any atom is -0.494 e. The summed E-state index contributed by atoms with van der Waals surface area (Å²) in [4.78, 5) is 4.12. The van der Waals surface area contributed by atoms with Crippen LogP contribution in [0, 0.1) is 12.7 Å². The highest BCUT2D eigenvalue weighted by Gasteiger charge is 2.13. The molecule has 0 aliphatic heterocycles. The van der Waals surface area contributed by atoms with Crippen molar-refractivity contribution < 1.29 is 14.2 Å². The number of nitrogens with zero attached hydrogens (tertiary/aromatic N) is 1. The fourth-order valence-corrected chi connectivity index (χ4v) is 1.68. The Balaban J connectivity index is 2.33. The van der Waals surface area contributed by atoms with Crippen LogP contribution in [0.4, 0.5) is 4.39 Å². The van der Waals surface area contributed by atoms with Crippen LogP contribution in [0.5, 0.6) is 5.75 Å². The zero-order chi connectivity index (χ0) is 13.1. The van der Waals surface area contributed by atoms with Gasteiger partial charge in [-0.25, -0.2) is 4.39 Å². The van der Waals surface area contributed by atoms with E-state index in [1.165, 1.54) is 25.3 Å². The molecule has 0 saturated heterocycles. The Bertz CT molecular complexity index is 540. The van der Waals surface area contributed by atoms with Crippen LogP contribution in [0.2, 0.25) is 0 Å². The van der Waals surface area contributed by atoms with E-state index in [0.717, 1.165) is 5.69 Å². The SMILES string of the molecule is COc1cc(C(O)c2ccc(C)nc2)ccc1F. The summed E-state index contributed by atoms with van der Waals surface area (Å²) in [5.41, 5.74) is 2.11. The summed E-state index contributed by atoms with van der Waals surface area (Å²) in [6.45, 7) is 1.87. The number of aliphatic hydroxyl groups is 1. The first-order chi connectivity index (χ1) is 8.61. The van der Waals surface area contributed by atoms with Gasteiger partial charge in [0.1, 0.15) is 6.10 Å². The van der Waals surface area contributed by atoms with E-state index in [4.69, 9.17) is 4.74 Å². The van der Waals surface area contributed by atoms with Gasteiger partial charge in [0.15, 0.2) is 11.6 Å². The van der Waals surface area contributed by atoms with Crippen molar-refractivity contribution in [3.63, 3.8) is 0 Å². The van der Waals surface area contributed by atoms with E-state index in [0.29, 0.717) is 11.1 Å². The number of aromatic nitrogens is 1. The van der Waals surface area contributed by atoms with E-state index >= 15 is 0 Å². The summed E-state index contributed by atoms with van der Waals surface area (Å²) in [5.74, 6) is -0.331. The molecular weight excluding hydrogens is 233 g/mol. The summed E-state index contributed by atoms with van der Waals surface area (Å²) in [6.07, 6.45) is 0.767. The van der Waals surface area contributed by atoms with Crippen molar-refractivity contribution in [2.45, 2.75) is 13.0 Å². The minimum atomic E-state index is -0.840. The van der Waals surface area contributed by atoms with Crippen molar-refractivity contribution in [1.82, 2.24) is 4.98 Å². The molecule has 0 spiro atoms. The molecule has 4 heteroatoms. The highest BCUT2D eigenvalue weighted by molar-refractivity contribution is 5.35. The molecule has 1 heterocycles. The predicted molar refractivity (Wildman–Crippen MR) is 66.0 cm³/mol. The Labute approximate surface area is 105 Å². The Hall–Kier alpha value is -1.94. The molecule has 0 aliphatic rings. The maximum absolute atomic E-state index is 13.3. The predicted octanol–water partition coefficient (Wildman–Crippen LogP) is 2.62. The van der Waals surface area contributed by atoms with E-state index in [2.05, 4.69) is 4.98 Å². The van der Waals surface area contributed by atoms with Crippen LogP contribution < -0.4 is 4.74 Å². The zero-order valence-electron chi connectivity index (χ0n) is 10.2. The lowest BCUT2D eigenvalue weighted by Gasteiger charge is -2.12. The van der Waals surface area contributed by atoms with Crippen molar-refractivity contribution in [2.24, 2.45) is 0 Å². The molecule has 0 fully saturated rings. The zero-order valence-corrected chi connectivity index (χ0v) is 10.2. The standard InChI is InChI=1S/C14H14FNO2/c1-9-3-4-11(8-16-9)14(17)10-5-6-12(15)13(7-10)18-2/h3-8,14,17H,1-2H3. The summed E-state index contributed by atoms with van der Waals surface area (Å²) in [7, 11) is 1.39. The number of hydrogen-bond donors (Lipinski definition) is 1. The molecule has 1 atom stereocenters. The van der Waals surface area contributed by atoms with E-state index in [9.17, 15) is 9.50 Å². The number of aryl methyl sites for hydroxylation is 1. The van der Waals surface area contributed by atoms with Crippen LogP contribution in [0.15, 0.2) is 36.5 Å². The number of methoxy groups -OCH3 is 1. The van der Waals surface area contributed by atoms with Gasteiger partial charge in [0, 0.05) is 17.5 Å². The van der Waals surface area contributed by atoms with Crippen LogP contribution >= 0.6 is 0 Å². The van der Waals surface area contributed by atoms with Gasteiger partial charge in [-0.2, -0.15) is 0 Å². The van der Waals surface area contributed by atoms with Gasteiger partial charge in [-0.05, 0) is 30.7 Å². The van der Waals surface area contributed by atoms with Gasteiger partial charge >= 0.3 is 0 Å². The van der Waals surface area contributed by atoms with E-state index in [-0.39, 0.29) is 5.75 Å². The first-order valence-corrected chi connectivity index (χ1v) is 5.56. The van der Waals surface area contributed by atoms with Crippen molar-refractivity contribution in [1.29, 1.82) is 0 Å². The van der Waals surface area contributed by atoms with Gasteiger partial charge in [0.25, 0.3) is 0 Å². The molecule has 2 aromatic rings. The molecular formula is C14H14FNO2. The summed E-state index contributed by atoms with van der Waals surface area (Å²) >= 11 is 0. The molecule has 1 aromatic carbocycles. The van der Waals surface area contributed by atoms with Crippen LogP contribution in [-0.2, 0) is 0 Å². The van der Waals surface area contributed by atoms with Gasteiger partial charge in [-0.3, -0.25) is 4.98 Å². The van der Waals surface area contributed by atoms with Gasteiger partial charge in [0.05, 0.1) is 7.11 Å². The second kappa shape index (κ2) is 5.14. The van der Waals surface area contributed by atoms with Crippen molar-refractivity contribution in [3.05, 3.63) is 59.2 Å². The lowest BCUT2D eigenvalue weighted by Crippen LogP contribution is -2.01. The van der Waals surface area contributed by atoms with E-state index < -0.39 is 11.9 Å². The fourth-order valence-electron chi connectivity index (χ4n) is 1.68. The molecule has 0 saturated carbocycles. The largest absolute Gasteiger partial charge is 0.494 e. The van der Waals surface area contributed by atoms with Gasteiger partial charge in [-0.15, -0.1) is 0 Å². The molecule has 0 amide bonds. The van der Waals surface area contributed by atoms with Gasteiger partial charge in [-0.1, -0.05) is 12.1 Å². The minimum absolute atomic E-state index is 0.117. The number of benzene rings is 1. The molecule has 1 unspecified atom stereocenters. The van der Waals surface area contributed by atoms with E-state index in [1.54, 1.807) is 12.3 Å². The fraction of sp³-hybridized carbons (Fsp3) is 0.214. The molecule has 2 rings (SSSR count).